The number of rotatable bonds is 15. The number of fused-ring (bicyclic) bond motifs is 3. The predicted octanol–water partition coefficient (Wildman–Crippen LogP) is 2.73. The number of hydrogen-bond acceptors (Lipinski definition) is 17. The van der Waals surface area contributed by atoms with Gasteiger partial charge in [-0.1, -0.05) is 51.1 Å². The average Bonchev–Trinajstić information content (AvgIpc) is 3.48. The van der Waals surface area contributed by atoms with E-state index in [1.165, 1.54) is 6.33 Å². The molecule has 4 aromatic heterocycles. The average molecular weight is 847 g/mol. The summed E-state index contributed by atoms with van der Waals surface area (Å²) in [7, 11) is -4.61. The Balaban J connectivity index is 1.04. The summed E-state index contributed by atoms with van der Waals surface area (Å²) in [5, 5.41) is 44.6. The first-order valence-electron chi connectivity index (χ1n) is 19.4. The number of aliphatic hydroxyl groups is 2. The van der Waals surface area contributed by atoms with E-state index in [1.54, 1.807) is 51.4 Å². The van der Waals surface area contributed by atoms with E-state index in [1.807, 2.05) is 23.6 Å². The molecule has 2 amide bonds. The summed E-state index contributed by atoms with van der Waals surface area (Å²) in [5.41, 5.74) is -0.618. The number of anilines is 2. The van der Waals surface area contributed by atoms with Crippen molar-refractivity contribution in [3.63, 3.8) is 0 Å². The van der Waals surface area contributed by atoms with Crippen molar-refractivity contribution in [1.29, 1.82) is 5.26 Å². The first kappa shape index (κ1) is 41.2. The van der Waals surface area contributed by atoms with Crippen LogP contribution >= 0.6 is 7.82 Å². The smallest absolute Gasteiger partial charge is 0.394 e. The van der Waals surface area contributed by atoms with Crippen molar-refractivity contribution in [2.75, 3.05) is 30.5 Å². The molecule has 1 aromatic carbocycles. The summed E-state index contributed by atoms with van der Waals surface area (Å²) in [4.78, 5) is 58.4. The van der Waals surface area contributed by atoms with E-state index in [-0.39, 0.29) is 66.3 Å². The number of imidazole rings is 1. The highest BCUT2D eigenvalue weighted by atomic mass is 31.2. The lowest BCUT2D eigenvalue weighted by Crippen LogP contribution is -2.32. The van der Waals surface area contributed by atoms with Gasteiger partial charge in [0, 0.05) is 34.8 Å². The summed E-state index contributed by atoms with van der Waals surface area (Å²) in [5.74, 6) is -2.37. The largest absolute Gasteiger partial charge is 0.475 e. The van der Waals surface area contributed by atoms with E-state index in [9.17, 15) is 34.4 Å². The van der Waals surface area contributed by atoms with Crippen LogP contribution in [0.3, 0.4) is 0 Å². The number of carbonyl (C=O) groups is 2. The van der Waals surface area contributed by atoms with E-state index in [4.69, 9.17) is 18.3 Å². The van der Waals surface area contributed by atoms with Gasteiger partial charge in [0.15, 0.2) is 34.4 Å². The number of phosphoric acid groups is 1. The Morgan fingerprint density at radius 1 is 1.12 bits per heavy atom. The maximum Gasteiger partial charge on any atom is 0.475 e. The van der Waals surface area contributed by atoms with Gasteiger partial charge in [-0.15, -0.1) is 5.10 Å². The van der Waals surface area contributed by atoms with E-state index in [2.05, 4.69) is 45.9 Å². The Hall–Kier alpha value is -5.53. The second kappa shape index (κ2) is 16.2. The minimum atomic E-state index is -4.61. The van der Waals surface area contributed by atoms with Gasteiger partial charge >= 0.3 is 7.82 Å². The molecule has 2 saturated carbocycles. The zero-order valence-electron chi connectivity index (χ0n) is 32.9. The quantitative estimate of drug-likeness (QED) is 0.0747. The molecule has 5 aromatic rings. The number of phosphoric ester groups is 1. The van der Waals surface area contributed by atoms with Crippen molar-refractivity contribution in [3.05, 3.63) is 58.9 Å². The highest BCUT2D eigenvalue weighted by Gasteiger charge is 2.71. The summed E-state index contributed by atoms with van der Waals surface area (Å²) in [6, 6.07) is 10.3. The fraction of sp³-hybridized carbons (Fsp3) is 0.514. The molecule has 23 heteroatoms. The number of ether oxygens (including phenoxy) is 1. The fourth-order valence-electron chi connectivity index (χ4n) is 8.24. The summed E-state index contributed by atoms with van der Waals surface area (Å²) in [6.45, 7) is 5.83. The van der Waals surface area contributed by atoms with Crippen LogP contribution in [0.5, 0.6) is 0 Å². The third-order valence-electron chi connectivity index (χ3n) is 11.6. The number of carbonyl (C=O) groups excluding carboxylic acids is 2. The molecule has 60 heavy (non-hydrogen) atoms. The summed E-state index contributed by atoms with van der Waals surface area (Å²) < 4.78 is 41.7. The lowest BCUT2D eigenvalue weighted by atomic mass is 9.94. The van der Waals surface area contributed by atoms with Crippen LogP contribution in [0.25, 0.3) is 22.3 Å². The van der Waals surface area contributed by atoms with Gasteiger partial charge in [0.25, 0.3) is 11.5 Å². The number of hydrogen-bond donors (Lipinski definition) is 5. The minimum Gasteiger partial charge on any atom is -0.394 e. The third-order valence-corrected chi connectivity index (χ3v) is 13.0. The van der Waals surface area contributed by atoms with E-state index in [0.717, 1.165) is 4.68 Å². The summed E-state index contributed by atoms with van der Waals surface area (Å²) >= 11 is 0. The Kier molecular flexibility index (Phi) is 11.1. The SMILES string of the molecule is CC(C)C(=O)Nc1nc2c(nnn2[C@@H]2O[C@H](CO)[C@@H](C)[C@H]2OP(=O)(OCCC#N)OC[C@]23C[C@@H]2[C@@H](n2cnc4c(NC(=O)c5ccccc5)ncnc42)[C@H](C)[C@@H]3O)c(=O)[nH]1. The number of aromatic nitrogens is 9. The number of nitrogens with zero attached hydrogens (tertiary/aromatic N) is 9. The zero-order chi connectivity index (χ0) is 42.5. The molecule has 0 radical (unpaired) electrons. The Bertz CT molecular complexity index is 2580. The lowest BCUT2D eigenvalue weighted by molar-refractivity contribution is -0.118. The van der Waals surface area contributed by atoms with Crippen LogP contribution in [-0.4, -0.2) is 105 Å². The number of amides is 2. The van der Waals surface area contributed by atoms with Crippen LogP contribution in [0.1, 0.15) is 63.2 Å². The highest BCUT2D eigenvalue weighted by molar-refractivity contribution is 7.48. The van der Waals surface area contributed by atoms with Gasteiger partial charge in [0.1, 0.15) is 12.4 Å². The third kappa shape index (κ3) is 7.36. The van der Waals surface area contributed by atoms with Gasteiger partial charge in [0.2, 0.25) is 11.9 Å². The standard InChI is InChI=1S/C37H43N12O10P/c1-18(2)32(52)44-36-43-31-25(34(54)45-36)46-47-49(31)35-27(19(3)23(14-50)58-35)59-60(55,56-12-8-11-38)57-15-37-13-22(37)26(20(4)28(37)51)48-17-41-24-29(39-16-40-30(24)48)42-33(53)21-9-6-5-7-10-21/h5-7,9-10,16-20,22-23,26-28,35,50-51H,8,12-15H2,1-4H3,(H,39,40,42,53)(H2,43,44,45,52,54)/t19-,20+,22-,23-,26+,27-,28+,35-,37-,60?/m1/s1. The first-order valence-corrected chi connectivity index (χ1v) is 20.8. The van der Waals surface area contributed by atoms with Gasteiger partial charge in [-0.3, -0.25) is 38.3 Å². The molecule has 8 rings (SSSR count). The van der Waals surface area contributed by atoms with Crippen LogP contribution in [0, 0.1) is 40.4 Å². The molecular formula is C37H43N12O10P. The topological polar surface area (TPSA) is 297 Å². The summed E-state index contributed by atoms with van der Waals surface area (Å²) in [6.07, 6.45) is -1.06. The van der Waals surface area contributed by atoms with Crippen LogP contribution in [0.2, 0.25) is 0 Å². The molecule has 10 atom stereocenters. The Morgan fingerprint density at radius 3 is 2.63 bits per heavy atom. The normalized spacial score (nSPS) is 28.1. The van der Waals surface area contributed by atoms with Crippen molar-refractivity contribution in [1.82, 2.24) is 44.5 Å². The second-order valence-corrected chi connectivity index (χ2v) is 17.2. The van der Waals surface area contributed by atoms with Crippen molar-refractivity contribution in [2.45, 2.75) is 71.1 Å². The lowest BCUT2D eigenvalue weighted by Gasteiger charge is -2.28. The van der Waals surface area contributed by atoms with Crippen molar-refractivity contribution in [2.24, 2.45) is 29.1 Å². The van der Waals surface area contributed by atoms with Crippen molar-refractivity contribution in [3.8, 4) is 6.07 Å². The molecule has 1 unspecified atom stereocenters. The van der Waals surface area contributed by atoms with Crippen molar-refractivity contribution < 1.29 is 42.7 Å². The molecule has 316 valence electrons. The van der Waals surface area contributed by atoms with E-state index in [0.29, 0.717) is 23.1 Å². The van der Waals surface area contributed by atoms with Gasteiger partial charge in [0.05, 0.1) is 50.8 Å². The minimum absolute atomic E-state index is 0.0971. The van der Waals surface area contributed by atoms with Gasteiger partial charge in [-0.2, -0.15) is 14.9 Å². The first-order chi connectivity index (χ1) is 28.8. The molecule has 5 N–H and O–H groups in total. The number of nitriles is 1. The molecular weight excluding hydrogens is 803 g/mol. The van der Waals surface area contributed by atoms with E-state index < -0.39 is 67.7 Å². The molecule has 2 aliphatic carbocycles. The molecule has 3 aliphatic rings. The number of nitrogens with one attached hydrogen (secondary N) is 3. The molecule has 22 nitrogen and oxygen atoms in total. The molecule has 1 aliphatic heterocycles. The maximum absolute atomic E-state index is 14.7. The van der Waals surface area contributed by atoms with Crippen LogP contribution < -0.4 is 16.2 Å². The van der Waals surface area contributed by atoms with E-state index >= 15 is 0 Å². The number of benzene rings is 1. The number of aromatic amines is 1. The second-order valence-electron chi connectivity index (χ2n) is 15.6. The molecule has 5 heterocycles. The Morgan fingerprint density at radius 2 is 1.90 bits per heavy atom. The van der Waals surface area contributed by atoms with Gasteiger partial charge in [-0.05, 0) is 24.5 Å². The van der Waals surface area contributed by atoms with Crippen molar-refractivity contribution >= 4 is 53.7 Å². The van der Waals surface area contributed by atoms with Crippen LogP contribution in [-0.2, 0) is 27.7 Å². The highest BCUT2D eigenvalue weighted by Crippen LogP contribution is 2.71. The Labute approximate surface area is 341 Å². The fourth-order valence-corrected chi connectivity index (χ4v) is 9.75. The number of H-pyrrole nitrogens is 1. The number of aliphatic hydroxyl groups excluding tert-OH is 2. The van der Waals surface area contributed by atoms with Crippen LogP contribution in [0.15, 0.2) is 47.8 Å². The predicted molar refractivity (Wildman–Crippen MR) is 209 cm³/mol. The van der Waals surface area contributed by atoms with Gasteiger partial charge < -0.3 is 24.8 Å². The molecule has 1 saturated heterocycles. The maximum atomic E-state index is 14.7. The molecule has 0 spiro atoms. The molecule has 0 bridgehead atoms. The zero-order valence-corrected chi connectivity index (χ0v) is 33.8. The van der Waals surface area contributed by atoms with Gasteiger partial charge in [-0.25, -0.2) is 19.5 Å². The van der Waals surface area contributed by atoms with Crippen LogP contribution in [0.4, 0.5) is 11.8 Å². The molecule has 3 fully saturated rings. The monoisotopic (exact) mass is 846 g/mol.